The molecule has 0 radical (unpaired) electrons. The SMILES string of the molecule is COc1ccc([C@@H]2[C@@H](C(=O)N3CCN(c4ccccc4F)CC3)c3ccccc3C(=O)N2Cc2ccc(F)cc2)cc1. The van der Waals surface area contributed by atoms with Gasteiger partial charge in [-0.3, -0.25) is 9.59 Å². The molecule has 0 saturated carbocycles. The summed E-state index contributed by atoms with van der Waals surface area (Å²) >= 11 is 0. The summed E-state index contributed by atoms with van der Waals surface area (Å²) in [6.07, 6.45) is 0. The summed E-state index contributed by atoms with van der Waals surface area (Å²) < 4.78 is 33.6. The quantitative estimate of drug-likeness (QED) is 0.296. The topological polar surface area (TPSA) is 53.1 Å². The van der Waals surface area contributed by atoms with Gasteiger partial charge >= 0.3 is 0 Å². The third kappa shape index (κ3) is 5.20. The average molecular weight is 568 g/mol. The highest BCUT2D eigenvalue weighted by molar-refractivity contribution is 6.01. The maximum Gasteiger partial charge on any atom is 0.255 e. The predicted molar refractivity (Wildman–Crippen MR) is 156 cm³/mol. The summed E-state index contributed by atoms with van der Waals surface area (Å²) in [5.41, 5.74) is 3.24. The lowest BCUT2D eigenvalue weighted by atomic mass is 9.78. The Morgan fingerprint density at radius 1 is 0.833 bits per heavy atom. The number of carbonyl (C=O) groups excluding carboxylic acids is 2. The van der Waals surface area contributed by atoms with E-state index < -0.39 is 12.0 Å². The predicted octanol–water partition coefficient (Wildman–Crippen LogP) is 5.80. The van der Waals surface area contributed by atoms with Crippen LogP contribution in [0.1, 0.15) is 39.0 Å². The fourth-order valence-electron chi connectivity index (χ4n) is 6.06. The van der Waals surface area contributed by atoms with Crippen LogP contribution < -0.4 is 9.64 Å². The third-order valence-corrected chi connectivity index (χ3v) is 8.21. The first-order valence-corrected chi connectivity index (χ1v) is 14.0. The van der Waals surface area contributed by atoms with Crippen LogP contribution >= 0.6 is 0 Å². The van der Waals surface area contributed by atoms with E-state index >= 15 is 0 Å². The van der Waals surface area contributed by atoms with Crippen LogP contribution in [0.5, 0.6) is 5.75 Å². The Hall–Kier alpha value is -4.72. The molecular formula is C34H31F2N3O3. The zero-order valence-electron chi connectivity index (χ0n) is 23.3. The molecule has 1 saturated heterocycles. The molecule has 2 aliphatic rings. The van der Waals surface area contributed by atoms with E-state index in [1.807, 2.05) is 46.2 Å². The van der Waals surface area contributed by atoms with E-state index in [2.05, 4.69) is 0 Å². The van der Waals surface area contributed by atoms with Crippen molar-refractivity contribution in [3.05, 3.63) is 131 Å². The minimum Gasteiger partial charge on any atom is -0.497 e. The van der Waals surface area contributed by atoms with Crippen molar-refractivity contribution < 1.29 is 23.1 Å². The maximum absolute atomic E-state index is 14.5. The van der Waals surface area contributed by atoms with E-state index in [0.29, 0.717) is 48.7 Å². The first-order chi connectivity index (χ1) is 20.4. The second-order valence-corrected chi connectivity index (χ2v) is 10.6. The molecule has 6 rings (SSSR count). The molecule has 6 nitrogen and oxygen atoms in total. The van der Waals surface area contributed by atoms with E-state index in [1.165, 1.54) is 18.2 Å². The Morgan fingerprint density at radius 3 is 2.19 bits per heavy atom. The van der Waals surface area contributed by atoms with Crippen LogP contribution in [0.25, 0.3) is 0 Å². The van der Waals surface area contributed by atoms with Gasteiger partial charge in [0.1, 0.15) is 17.4 Å². The van der Waals surface area contributed by atoms with E-state index in [9.17, 15) is 18.4 Å². The van der Waals surface area contributed by atoms with Crippen LogP contribution in [0.4, 0.5) is 14.5 Å². The molecule has 214 valence electrons. The van der Waals surface area contributed by atoms with E-state index in [0.717, 1.165) is 11.1 Å². The molecule has 0 N–H and O–H groups in total. The standard InChI is InChI=1S/C34H31F2N3O3/c1-42-26-16-12-24(13-17-26)32-31(34(41)38-20-18-37(19-21-38)30-9-5-4-8-29(30)36)27-6-2-3-7-28(27)33(40)39(32)22-23-10-14-25(35)15-11-23/h2-17,31-32H,18-22H2,1H3/t31-,32+/m0/s1. The number of ether oxygens (including phenoxy) is 1. The zero-order valence-corrected chi connectivity index (χ0v) is 23.3. The van der Waals surface area contributed by atoms with Gasteiger partial charge in [-0.1, -0.05) is 54.6 Å². The van der Waals surface area contributed by atoms with Gasteiger partial charge in [-0.15, -0.1) is 0 Å². The van der Waals surface area contributed by atoms with Gasteiger partial charge in [0.15, 0.2) is 0 Å². The van der Waals surface area contributed by atoms with Gasteiger partial charge in [0.2, 0.25) is 5.91 Å². The second kappa shape index (κ2) is 11.6. The lowest BCUT2D eigenvalue weighted by Crippen LogP contribution is -2.53. The van der Waals surface area contributed by atoms with E-state index in [1.54, 1.807) is 54.5 Å². The minimum absolute atomic E-state index is 0.0898. The van der Waals surface area contributed by atoms with Gasteiger partial charge in [0.25, 0.3) is 5.91 Å². The van der Waals surface area contributed by atoms with Crippen LogP contribution in [-0.2, 0) is 11.3 Å². The molecule has 8 heteroatoms. The molecule has 0 bridgehead atoms. The zero-order chi connectivity index (χ0) is 29.2. The molecule has 42 heavy (non-hydrogen) atoms. The largest absolute Gasteiger partial charge is 0.497 e. The number of methoxy groups -OCH3 is 1. The number of anilines is 1. The molecular weight excluding hydrogens is 536 g/mol. The molecule has 0 spiro atoms. The van der Waals surface area contributed by atoms with Gasteiger partial charge in [-0.05, 0) is 59.2 Å². The number of hydrogen-bond donors (Lipinski definition) is 0. The lowest BCUT2D eigenvalue weighted by molar-refractivity contribution is -0.135. The number of carbonyl (C=O) groups is 2. The maximum atomic E-state index is 14.5. The smallest absolute Gasteiger partial charge is 0.255 e. The summed E-state index contributed by atoms with van der Waals surface area (Å²) in [6.45, 7) is 2.04. The molecule has 0 unspecified atom stereocenters. The number of piperazine rings is 1. The van der Waals surface area contributed by atoms with Crippen molar-refractivity contribution >= 4 is 17.5 Å². The summed E-state index contributed by atoms with van der Waals surface area (Å²) in [7, 11) is 1.59. The van der Waals surface area contributed by atoms with Crippen molar-refractivity contribution in [2.75, 3.05) is 38.2 Å². The van der Waals surface area contributed by atoms with Crippen LogP contribution in [0.3, 0.4) is 0 Å². The average Bonchev–Trinajstić information content (AvgIpc) is 3.03. The monoisotopic (exact) mass is 567 g/mol. The van der Waals surface area contributed by atoms with Gasteiger partial charge in [-0.2, -0.15) is 0 Å². The molecule has 2 heterocycles. The van der Waals surface area contributed by atoms with Crippen LogP contribution in [0, 0.1) is 11.6 Å². The van der Waals surface area contributed by atoms with Gasteiger partial charge < -0.3 is 19.4 Å². The summed E-state index contributed by atoms with van der Waals surface area (Å²) in [6, 6.07) is 26.8. The van der Waals surface area contributed by atoms with E-state index in [4.69, 9.17) is 4.74 Å². The minimum atomic E-state index is -0.673. The van der Waals surface area contributed by atoms with Crippen LogP contribution in [0.15, 0.2) is 97.1 Å². The number of halogens is 2. The fraction of sp³-hybridized carbons (Fsp3) is 0.235. The molecule has 2 aliphatic heterocycles. The lowest BCUT2D eigenvalue weighted by Gasteiger charge is -2.45. The molecule has 0 aliphatic carbocycles. The van der Waals surface area contributed by atoms with Crippen molar-refractivity contribution in [2.45, 2.75) is 18.5 Å². The van der Waals surface area contributed by atoms with Crippen molar-refractivity contribution in [2.24, 2.45) is 0 Å². The first-order valence-electron chi connectivity index (χ1n) is 14.0. The molecule has 0 aromatic heterocycles. The highest BCUT2D eigenvalue weighted by atomic mass is 19.1. The third-order valence-electron chi connectivity index (χ3n) is 8.21. The van der Waals surface area contributed by atoms with Crippen LogP contribution in [-0.4, -0.2) is 54.9 Å². The highest BCUT2D eigenvalue weighted by Gasteiger charge is 2.45. The number of para-hydroxylation sites is 1. The number of rotatable bonds is 6. The van der Waals surface area contributed by atoms with Crippen molar-refractivity contribution in [3.8, 4) is 5.75 Å². The van der Waals surface area contributed by atoms with Crippen molar-refractivity contribution in [1.29, 1.82) is 0 Å². The molecule has 4 aromatic rings. The number of amides is 2. The first kappa shape index (κ1) is 27.4. The number of benzene rings is 4. The van der Waals surface area contributed by atoms with Gasteiger partial charge in [0.05, 0.1) is 24.8 Å². The molecule has 2 amide bonds. The Bertz CT molecular complexity index is 1580. The second-order valence-electron chi connectivity index (χ2n) is 10.6. The number of nitrogens with zero attached hydrogens (tertiary/aromatic N) is 3. The Kier molecular flexibility index (Phi) is 7.61. The van der Waals surface area contributed by atoms with E-state index in [-0.39, 0.29) is 30.0 Å². The normalized spacial score (nSPS) is 18.5. The van der Waals surface area contributed by atoms with Gasteiger partial charge in [0, 0.05) is 38.3 Å². The number of fused-ring (bicyclic) bond motifs is 1. The fourth-order valence-corrected chi connectivity index (χ4v) is 6.06. The Labute approximate surface area is 243 Å². The number of hydrogen-bond acceptors (Lipinski definition) is 4. The molecule has 1 fully saturated rings. The highest BCUT2D eigenvalue weighted by Crippen LogP contribution is 2.45. The molecule has 4 aromatic carbocycles. The molecule has 2 atom stereocenters. The summed E-state index contributed by atoms with van der Waals surface area (Å²) in [5.74, 6) is -0.931. The van der Waals surface area contributed by atoms with Crippen LogP contribution in [0.2, 0.25) is 0 Å². The Balaban J connectivity index is 1.38. The summed E-state index contributed by atoms with van der Waals surface area (Å²) in [5, 5.41) is 0. The van der Waals surface area contributed by atoms with Crippen molar-refractivity contribution in [1.82, 2.24) is 9.80 Å². The Morgan fingerprint density at radius 2 is 1.50 bits per heavy atom. The summed E-state index contributed by atoms with van der Waals surface area (Å²) in [4.78, 5) is 34.0. The van der Waals surface area contributed by atoms with Crippen molar-refractivity contribution in [3.63, 3.8) is 0 Å². The van der Waals surface area contributed by atoms with Gasteiger partial charge in [-0.25, -0.2) is 8.78 Å².